The number of ketones is 1. The number of carbonyl (C=O) groups excluding carboxylic acids is 3. The van der Waals surface area contributed by atoms with Gasteiger partial charge in [-0.05, 0) is 35.2 Å². The third-order valence-electron chi connectivity index (χ3n) is 4.69. The average molecular weight is 389 g/mol. The quantitative estimate of drug-likeness (QED) is 0.601. The summed E-state index contributed by atoms with van der Waals surface area (Å²) in [5.41, 5.74) is 1.79. The Balaban J connectivity index is 1.53. The number of carbonyl (C=O) groups is 3. The summed E-state index contributed by atoms with van der Waals surface area (Å²) in [4.78, 5) is 36.2. The zero-order valence-corrected chi connectivity index (χ0v) is 16.3. The minimum Gasteiger partial charge on any atom is -0.455 e. The molecule has 1 N–H and O–H groups in total. The molecule has 0 saturated heterocycles. The summed E-state index contributed by atoms with van der Waals surface area (Å²) in [6, 6.07) is 22.3. The topological polar surface area (TPSA) is 72.5 Å². The van der Waals surface area contributed by atoms with Crippen LogP contribution in [0.4, 0.5) is 0 Å². The molecule has 0 radical (unpaired) electrons. The Morgan fingerprint density at radius 3 is 2.34 bits per heavy atom. The molecule has 0 aliphatic rings. The molecule has 0 aromatic heterocycles. The first-order valence-corrected chi connectivity index (χ1v) is 9.49. The second kappa shape index (κ2) is 9.64. The number of Topliss-reactive ketones (excluding diaryl/α,β-unsaturated/α-hetero) is 1. The number of ether oxygens (including phenoxy) is 1. The molecule has 5 heteroatoms. The van der Waals surface area contributed by atoms with Crippen molar-refractivity contribution in [2.24, 2.45) is 0 Å². The number of rotatable bonds is 8. The molecule has 3 aromatic rings. The fraction of sp³-hybridized carbons (Fsp3) is 0.208. The van der Waals surface area contributed by atoms with Crippen molar-refractivity contribution in [1.82, 2.24) is 5.32 Å². The molecule has 3 rings (SSSR count). The van der Waals surface area contributed by atoms with Crippen molar-refractivity contribution < 1.29 is 19.1 Å². The highest BCUT2D eigenvalue weighted by Gasteiger charge is 2.18. The van der Waals surface area contributed by atoms with Crippen molar-refractivity contribution in [3.05, 3.63) is 83.9 Å². The molecular formula is C24H23NO4. The Kier molecular flexibility index (Phi) is 6.74. The summed E-state index contributed by atoms with van der Waals surface area (Å²) in [5.74, 6) is -1.13. The lowest BCUT2D eigenvalue weighted by atomic mass is 10.0. The van der Waals surface area contributed by atoms with Crippen LogP contribution < -0.4 is 5.32 Å². The van der Waals surface area contributed by atoms with Crippen LogP contribution >= 0.6 is 0 Å². The minimum absolute atomic E-state index is 0.0782. The van der Waals surface area contributed by atoms with Crippen LogP contribution in [-0.4, -0.2) is 30.3 Å². The van der Waals surface area contributed by atoms with Gasteiger partial charge in [0, 0.05) is 0 Å². The van der Waals surface area contributed by atoms with E-state index in [2.05, 4.69) is 5.32 Å². The lowest BCUT2D eigenvalue weighted by molar-refractivity contribution is -0.148. The minimum atomic E-state index is -0.651. The third kappa shape index (κ3) is 5.75. The zero-order chi connectivity index (χ0) is 20.6. The predicted molar refractivity (Wildman–Crippen MR) is 111 cm³/mol. The highest BCUT2D eigenvalue weighted by Crippen LogP contribution is 2.19. The fourth-order valence-electron chi connectivity index (χ4n) is 3.18. The Morgan fingerprint density at radius 2 is 1.59 bits per heavy atom. The van der Waals surface area contributed by atoms with Gasteiger partial charge in [0.25, 0.3) is 5.91 Å². The maximum atomic E-state index is 12.2. The van der Waals surface area contributed by atoms with Crippen molar-refractivity contribution in [2.45, 2.75) is 25.8 Å². The fourth-order valence-corrected chi connectivity index (χ4v) is 3.18. The highest BCUT2D eigenvalue weighted by molar-refractivity contribution is 5.91. The van der Waals surface area contributed by atoms with Gasteiger partial charge in [-0.3, -0.25) is 14.4 Å². The number of hydrogen-bond acceptors (Lipinski definition) is 4. The molecule has 5 nitrogen and oxygen atoms in total. The first-order chi connectivity index (χ1) is 14.0. The Labute approximate surface area is 169 Å². The van der Waals surface area contributed by atoms with E-state index in [1.807, 2.05) is 72.8 Å². The first-order valence-electron chi connectivity index (χ1n) is 9.49. The van der Waals surface area contributed by atoms with E-state index < -0.39 is 24.5 Å². The van der Waals surface area contributed by atoms with Gasteiger partial charge in [-0.25, -0.2) is 0 Å². The van der Waals surface area contributed by atoms with Gasteiger partial charge in [0.1, 0.15) is 0 Å². The molecule has 0 aliphatic heterocycles. The molecule has 0 aliphatic carbocycles. The largest absolute Gasteiger partial charge is 0.455 e. The lowest BCUT2D eigenvalue weighted by Crippen LogP contribution is -2.43. The van der Waals surface area contributed by atoms with E-state index in [9.17, 15) is 14.4 Å². The van der Waals surface area contributed by atoms with Gasteiger partial charge in [0.15, 0.2) is 12.4 Å². The number of hydrogen-bond donors (Lipinski definition) is 1. The van der Waals surface area contributed by atoms with Gasteiger partial charge in [0.2, 0.25) is 0 Å². The van der Waals surface area contributed by atoms with Gasteiger partial charge in [-0.1, -0.05) is 72.8 Å². The first kappa shape index (κ1) is 20.3. The summed E-state index contributed by atoms with van der Waals surface area (Å²) in [6.45, 7) is 1.02. The third-order valence-corrected chi connectivity index (χ3v) is 4.69. The molecule has 1 amide bonds. The monoisotopic (exact) mass is 389 g/mol. The van der Waals surface area contributed by atoms with Gasteiger partial charge in [-0.15, -0.1) is 0 Å². The summed E-state index contributed by atoms with van der Waals surface area (Å²) >= 11 is 0. The second-order valence-electron chi connectivity index (χ2n) is 6.90. The van der Waals surface area contributed by atoms with Gasteiger partial charge >= 0.3 is 5.97 Å². The average Bonchev–Trinajstić information content (AvgIpc) is 2.73. The van der Waals surface area contributed by atoms with E-state index in [0.29, 0.717) is 6.42 Å². The summed E-state index contributed by atoms with van der Waals surface area (Å²) in [5, 5.41) is 4.67. The van der Waals surface area contributed by atoms with Gasteiger partial charge in [0.05, 0.1) is 12.5 Å². The molecule has 0 saturated carbocycles. The zero-order valence-electron chi connectivity index (χ0n) is 16.3. The molecule has 0 heterocycles. The molecule has 0 spiro atoms. The Morgan fingerprint density at radius 1 is 0.897 bits per heavy atom. The summed E-state index contributed by atoms with van der Waals surface area (Å²) in [7, 11) is 0. The van der Waals surface area contributed by atoms with Crippen LogP contribution in [0.25, 0.3) is 10.8 Å². The van der Waals surface area contributed by atoms with Crippen LogP contribution in [0.5, 0.6) is 0 Å². The highest BCUT2D eigenvalue weighted by atomic mass is 16.5. The number of esters is 1. The van der Waals surface area contributed by atoms with Crippen LogP contribution in [0.3, 0.4) is 0 Å². The lowest BCUT2D eigenvalue weighted by Gasteiger charge is -2.16. The number of fused-ring (bicyclic) bond motifs is 1. The van der Waals surface area contributed by atoms with Crippen LogP contribution in [0.15, 0.2) is 72.8 Å². The Bertz CT molecular complexity index is 1010. The van der Waals surface area contributed by atoms with Crippen LogP contribution in [0, 0.1) is 0 Å². The molecule has 1 atom stereocenters. The molecule has 0 fully saturated rings. The van der Waals surface area contributed by atoms with Crippen molar-refractivity contribution in [3.63, 3.8) is 0 Å². The predicted octanol–water partition coefficient (Wildman–Crippen LogP) is 3.24. The van der Waals surface area contributed by atoms with E-state index >= 15 is 0 Å². The normalized spacial score (nSPS) is 11.6. The molecule has 3 aromatic carbocycles. The van der Waals surface area contributed by atoms with Crippen molar-refractivity contribution >= 4 is 28.4 Å². The Hall–Kier alpha value is -3.47. The smallest absolute Gasteiger partial charge is 0.310 e. The van der Waals surface area contributed by atoms with Gasteiger partial charge < -0.3 is 10.1 Å². The molecule has 148 valence electrons. The van der Waals surface area contributed by atoms with E-state index in [1.54, 1.807) is 0 Å². The number of amides is 1. The number of nitrogens with one attached hydrogen (secondary N) is 1. The van der Waals surface area contributed by atoms with Crippen molar-refractivity contribution in [3.8, 4) is 0 Å². The molecular weight excluding hydrogens is 366 g/mol. The maximum Gasteiger partial charge on any atom is 0.310 e. The molecule has 0 unspecified atom stereocenters. The van der Waals surface area contributed by atoms with E-state index in [1.165, 1.54) is 6.92 Å². The van der Waals surface area contributed by atoms with E-state index in [0.717, 1.165) is 21.9 Å². The van der Waals surface area contributed by atoms with E-state index in [-0.39, 0.29) is 12.2 Å². The second-order valence-corrected chi connectivity index (χ2v) is 6.90. The summed E-state index contributed by atoms with van der Waals surface area (Å²) < 4.78 is 5.13. The maximum absolute atomic E-state index is 12.2. The molecule has 29 heavy (non-hydrogen) atoms. The van der Waals surface area contributed by atoms with Crippen molar-refractivity contribution in [1.29, 1.82) is 0 Å². The van der Waals surface area contributed by atoms with Gasteiger partial charge in [-0.2, -0.15) is 0 Å². The SMILES string of the molecule is CC(=O)[C@@H](Cc1ccccc1)NC(=O)COC(=O)Cc1cccc2ccccc12. The van der Waals surface area contributed by atoms with Crippen molar-refractivity contribution in [2.75, 3.05) is 6.61 Å². The van der Waals surface area contributed by atoms with Crippen LogP contribution in [0.2, 0.25) is 0 Å². The molecule has 0 bridgehead atoms. The van der Waals surface area contributed by atoms with Crippen LogP contribution in [-0.2, 0) is 32.0 Å². The standard InChI is InChI=1S/C24H23NO4/c1-17(26)22(14-18-8-3-2-4-9-18)25-23(27)16-29-24(28)15-20-12-7-11-19-10-5-6-13-21(19)20/h2-13,22H,14-16H2,1H3,(H,25,27)/t22-/m1/s1. The van der Waals surface area contributed by atoms with Crippen LogP contribution in [0.1, 0.15) is 18.1 Å². The summed E-state index contributed by atoms with van der Waals surface area (Å²) in [6.07, 6.45) is 0.473. The van der Waals surface area contributed by atoms with E-state index in [4.69, 9.17) is 4.74 Å². The number of benzene rings is 3.